The minimum Gasteiger partial charge on any atom is -0.266 e. The molecule has 0 heterocycles. The number of allylic oxidation sites excluding steroid dienone is 3. The van der Waals surface area contributed by atoms with Crippen LogP contribution >= 0.6 is 0 Å². The second kappa shape index (κ2) is 15.6. The van der Waals surface area contributed by atoms with Crippen molar-refractivity contribution >= 4 is 11.9 Å². The molecular formula is C18H34N2. The molecule has 0 spiro atoms. The molecule has 0 rings (SSSR count). The summed E-state index contributed by atoms with van der Waals surface area (Å²) in [5, 5.41) is 0. The lowest BCUT2D eigenvalue weighted by atomic mass is 10.1. The van der Waals surface area contributed by atoms with Gasteiger partial charge in [0.05, 0.1) is 0 Å². The highest BCUT2D eigenvalue weighted by atomic mass is 14.7. The zero-order chi connectivity index (χ0) is 16.7. The molecule has 0 N–H and O–H groups in total. The standard InChI is InChI=1S/C14H22N2.2C2H6/c1-10(2)14(7)16-9-13(6)12(5)8-15-11(3)4;2*1-2/h8-10H,6-7H2,1-5H3;2*1-2H3/b12-8+,16-9?;;. The summed E-state index contributed by atoms with van der Waals surface area (Å²) < 4.78 is 0. The van der Waals surface area contributed by atoms with Gasteiger partial charge in [-0.2, -0.15) is 0 Å². The molecule has 0 saturated carbocycles. The summed E-state index contributed by atoms with van der Waals surface area (Å²) in [7, 11) is 0. The molecule has 2 heteroatoms. The fourth-order valence-electron chi connectivity index (χ4n) is 0.721. The van der Waals surface area contributed by atoms with Crippen LogP contribution in [0.15, 0.2) is 46.2 Å². The average molecular weight is 278 g/mol. The van der Waals surface area contributed by atoms with Crippen molar-refractivity contribution in [3.63, 3.8) is 0 Å². The van der Waals surface area contributed by atoms with Crippen molar-refractivity contribution in [3.05, 3.63) is 36.2 Å². The summed E-state index contributed by atoms with van der Waals surface area (Å²) in [6, 6.07) is 0. The van der Waals surface area contributed by atoms with Gasteiger partial charge in [-0.25, -0.2) is 0 Å². The van der Waals surface area contributed by atoms with Crippen LogP contribution in [0.3, 0.4) is 0 Å². The molecular weight excluding hydrogens is 244 g/mol. The first-order valence-corrected chi connectivity index (χ1v) is 7.44. The summed E-state index contributed by atoms with van der Waals surface area (Å²) in [6.45, 7) is 25.8. The van der Waals surface area contributed by atoms with Crippen molar-refractivity contribution in [2.45, 2.75) is 62.3 Å². The van der Waals surface area contributed by atoms with Crippen molar-refractivity contribution < 1.29 is 0 Å². The summed E-state index contributed by atoms with van der Waals surface area (Å²) in [4.78, 5) is 8.48. The Morgan fingerprint density at radius 3 is 1.75 bits per heavy atom. The maximum Gasteiger partial charge on any atom is 0.0357 e. The van der Waals surface area contributed by atoms with Crippen LogP contribution in [-0.2, 0) is 0 Å². The Hall–Kier alpha value is -1.44. The molecule has 2 nitrogen and oxygen atoms in total. The smallest absolute Gasteiger partial charge is 0.0357 e. The third-order valence-corrected chi connectivity index (χ3v) is 2.08. The molecule has 0 atom stereocenters. The van der Waals surface area contributed by atoms with E-state index in [2.05, 4.69) is 37.0 Å². The molecule has 20 heavy (non-hydrogen) atoms. The predicted molar refractivity (Wildman–Crippen MR) is 96.8 cm³/mol. The number of hydrogen-bond acceptors (Lipinski definition) is 2. The van der Waals surface area contributed by atoms with Crippen molar-refractivity contribution in [2.24, 2.45) is 15.9 Å². The molecule has 0 aliphatic rings. The van der Waals surface area contributed by atoms with Crippen molar-refractivity contribution in [2.75, 3.05) is 0 Å². The quantitative estimate of drug-likeness (QED) is 0.421. The van der Waals surface area contributed by atoms with E-state index in [9.17, 15) is 0 Å². The van der Waals surface area contributed by atoms with E-state index in [0.717, 1.165) is 22.6 Å². The summed E-state index contributed by atoms with van der Waals surface area (Å²) in [5.74, 6) is 0.365. The molecule has 116 valence electrons. The van der Waals surface area contributed by atoms with Crippen molar-refractivity contribution in [1.82, 2.24) is 0 Å². The molecule has 0 bridgehead atoms. The highest BCUT2D eigenvalue weighted by Gasteiger charge is 1.97. The minimum atomic E-state index is 0.365. The number of rotatable bonds is 5. The molecule has 0 fully saturated rings. The molecule has 0 saturated heterocycles. The molecule has 0 aromatic rings. The predicted octanol–water partition coefficient (Wildman–Crippen LogP) is 6.22. The number of hydrogen-bond donors (Lipinski definition) is 0. The average Bonchev–Trinajstić information content (AvgIpc) is 2.45. The molecule has 0 radical (unpaired) electrons. The lowest BCUT2D eigenvalue weighted by Gasteiger charge is -2.03. The maximum atomic E-state index is 4.26. The van der Waals surface area contributed by atoms with E-state index in [1.807, 2.05) is 54.7 Å². The van der Waals surface area contributed by atoms with Crippen LogP contribution in [0.25, 0.3) is 0 Å². The second-order valence-electron chi connectivity index (χ2n) is 4.32. The van der Waals surface area contributed by atoms with E-state index < -0.39 is 0 Å². The Labute approximate surface area is 127 Å². The Bertz CT molecular complexity index is 352. The summed E-state index contributed by atoms with van der Waals surface area (Å²) >= 11 is 0. The normalized spacial score (nSPS) is 10.2. The summed E-state index contributed by atoms with van der Waals surface area (Å²) in [5.41, 5.74) is 3.77. The van der Waals surface area contributed by atoms with E-state index in [1.54, 1.807) is 6.21 Å². The van der Waals surface area contributed by atoms with E-state index in [0.29, 0.717) is 5.92 Å². The number of nitrogens with zero attached hydrogens (tertiary/aromatic N) is 2. The largest absolute Gasteiger partial charge is 0.266 e. The molecule has 0 aromatic heterocycles. The molecule has 0 aliphatic heterocycles. The Morgan fingerprint density at radius 2 is 1.40 bits per heavy atom. The van der Waals surface area contributed by atoms with E-state index in [4.69, 9.17) is 0 Å². The lowest BCUT2D eigenvalue weighted by molar-refractivity contribution is 0.763. The van der Waals surface area contributed by atoms with Gasteiger partial charge >= 0.3 is 0 Å². The van der Waals surface area contributed by atoms with Gasteiger partial charge < -0.3 is 0 Å². The van der Waals surface area contributed by atoms with Gasteiger partial charge in [-0.1, -0.05) is 54.7 Å². The van der Waals surface area contributed by atoms with Crippen LogP contribution in [-0.4, -0.2) is 11.9 Å². The zero-order valence-corrected chi connectivity index (χ0v) is 15.0. The Balaban J connectivity index is -0.000000656. The third-order valence-electron chi connectivity index (χ3n) is 2.08. The fourth-order valence-corrected chi connectivity index (χ4v) is 0.721. The van der Waals surface area contributed by atoms with Crippen molar-refractivity contribution in [3.8, 4) is 0 Å². The van der Waals surface area contributed by atoms with Crippen molar-refractivity contribution in [1.29, 1.82) is 0 Å². The van der Waals surface area contributed by atoms with E-state index in [1.165, 1.54) is 0 Å². The zero-order valence-electron chi connectivity index (χ0n) is 15.0. The molecule has 0 aliphatic carbocycles. The molecule has 0 aromatic carbocycles. The first kappa shape index (κ1) is 23.6. The highest BCUT2D eigenvalue weighted by molar-refractivity contribution is 5.84. The first-order chi connectivity index (χ1) is 9.34. The Morgan fingerprint density at radius 1 is 0.950 bits per heavy atom. The van der Waals surface area contributed by atoms with Crippen LogP contribution in [0.1, 0.15) is 62.3 Å². The number of aliphatic imine (C=N–C) groups is 2. The van der Waals surface area contributed by atoms with Gasteiger partial charge in [-0.05, 0) is 37.8 Å². The third kappa shape index (κ3) is 14.6. The van der Waals surface area contributed by atoms with Crippen LogP contribution < -0.4 is 0 Å². The highest BCUT2D eigenvalue weighted by Crippen LogP contribution is 2.10. The monoisotopic (exact) mass is 278 g/mol. The van der Waals surface area contributed by atoms with Crippen LogP contribution in [0.5, 0.6) is 0 Å². The minimum absolute atomic E-state index is 0.365. The van der Waals surface area contributed by atoms with Gasteiger partial charge in [0.1, 0.15) is 0 Å². The molecule has 0 amide bonds. The lowest BCUT2D eigenvalue weighted by Crippen LogP contribution is -1.91. The van der Waals surface area contributed by atoms with E-state index in [-0.39, 0.29) is 0 Å². The molecule has 0 unspecified atom stereocenters. The van der Waals surface area contributed by atoms with Crippen LogP contribution in [0.2, 0.25) is 0 Å². The van der Waals surface area contributed by atoms with Gasteiger partial charge in [0.2, 0.25) is 0 Å². The van der Waals surface area contributed by atoms with Crippen LogP contribution in [0.4, 0.5) is 0 Å². The summed E-state index contributed by atoms with van der Waals surface area (Å²) in [6.07, 6.45) is 3.55. The van der Waals surface area contributed by atoms with E-state index >= 15 is 0 Å². The van der Waals surface area contributed by atoms with Gasteiger partial charge in [0, 0.05) is 23.8 Å². The van der Waals surface area contributed by atoms with Gasteiger partial charge in [0.15, 0.2) is 0 Å². The fraction of sp³-hybridized carbons (Fsp3) is 0.556. The van der Waals surface area contributed by atoms with Gasteiger partial charge in [0.25, 0.3) is 0 Å². The first-order valence-electron chi connectivity index (χ1n) is 7.44. The van der Waals surface area contributed by atoms with Gasteiger partial charge in [-0.3, -0.25) is 9.98 Å². The maximum absolute atomic E-state index is 4.26. The topological polar surface area (TPSA) is 24.7 Å². The van der Waals surface area contributed by atoms with Crippen LogP contribution in [0, 0.1) is 5.92 Å². The Kier molecular flexibility index (Phi) is 18.5. The van der Waals surface area contributed by atoms with Gasteiger partial charge in [-0.15, -0.1) is 0 Å². The SMILES string of the molecule is C=C(C=NC(=C)C(C)C)/C(C)=C/N=C(C)C.CC.CC. The second-order valence-corrected chi connectivity index (χ2v) is 4.32.